The summed E-state index contributed by atoms with van der Waals surface area (Å²) in [4.78, 5) is 27.8. The summed E-state index contributed by atoms with van der Waals surface area (Å²) in [5.74, 6) is -0.298. The Balaban J connectivity index is 1.85. The lowest BCUT2D eigenvalue weighted by Gasteiger charge is -2.22. The van der Waals surface area contributed by atoms with Crippen LogP contribution in [0.4, 0.5) is 5.69 Å². The van der Waals surface area contributed by atoms with E-state index in [4.69, 9.17) is 9.57 Å². The molecule has 0 fully saturated rings. The lowest BCUT2D eigenvalue weighted by Crippen LogP contribution is -2.19. The van der Waals surface area contributed by atoms with Crippen molar-refractivity contribution in [2.24, 2.45) is 11.1 Å². The van der Waals surface area contributed by atoms with Gasteiger partial charge in [-0.05, 0) is 54.7 Å². The van der Waals surface area contributed by atoms with Gasteiger partial charge in [0.2, 0.25) is 0 Å². The van der Waals surface area contributed by atoms with Gasteiger partial charge in [-0.1, -0.05) is 12.1 Å². The van der Waals surface area contributed by atoms with Gasteiger partial charge in [0, 0.05) is 11.6 Å². The summed E-state index contributed by atoms with van der Waals surface area (Å²) in [6, 6.07) is 8.78. The van der Waals surface area contributed by atoms with Crippen molar-refractivity contribution in [1.82, 2.24) is 0 Å². The van der Waals surface area contributed by atoms with E-state index in [1.165, 1.54) is 19.2 Å². The summed E-state index contributed by atoms with van der Waals surface area (Å²) in [5, 5.41) is 24.7. The van der Waals surface area contributed by atoms with Gasteiger partial charge >= 0.3 is 11.7 Å². The lowest BCUT2D eigenvalue weighted by atomic mass is 9.83. The van der Waals surface area contributed by atoms with Crippen molar-refractivity contribution in [3.8, 4) is 11.5 Å². The zero-order valence-electron chi connectivity index (χ0n) is 14.8. The van der Waals surface area contributed by atoms with Crippen LogP contribution in [0.5, 0.6) is 11.5 Å². The summed E-state index contributed by atoms with van der Waals surface area (Å²) < 4.78 is 4.92. The Morgan fingerprint density at radius 3 is 2.74 bits per heavy atom. The molecule has 2 aromatic carbocycles. The van der Waals surface area contributed by atoms with Gasteiger partial charge in [-0.15, -0.1) is 0 Å². The maximum absolute atomic E-state index is 12.3. The van der Waals surface area contributed by atoms with Crippen molar-refractivity contribution in [3.05, 3.63) is 63.2 Å². The van der Waals surface area contributed by atoms with E-state index in [9.17, 15) is 20.0 Å². The maximum atomic E-state index is 12.3. The van der Waals surface area contributed by atoms with Crippen molar-refractivity contribution in [3.63, 3.8) is 0 Å². The number of aromatic hydroxyl groups is 1. The second-order valence-electron chi connectivity index (χ2n) is 6.42. The van der Waals surface area contributed by atoms with E-state index in [1.54, 1.807) is 18.2 Å². The normalized spacial score (nSPS) is 17.3. The third kappa shape index (κ3) is 3.89. The van der Waals surface area contributed by atoms with Gasteiger partial charge in [-0.2, -0.15) is 0 Å². The Morgan fingerprint density at radius 1 is 1.26 bits per heavy atom. The molecule has 0 aromatic heterocycles. The third-order valence-electron chi connectivity index (χ3n) is 4.36. The second kappa shape index (κ2) is 7.45. The largest absolute Gasteiger partial charge is 0.508 e. The Hall–Kier alpha value is -3.42. The summed E-state index contributed by atoms with van der Waals surface area (Å²) in [6.45, 7) is 2.04. The summed E-state index contributed by atoms with van der Waals surface area (Å²) in [7, 11) is 1.31. The van der Waals surface area contributed by atoms with Gasteiger partial charge in [-0.3, -0.25) is 10.1 Å². The van der Waals surface area contributed by atoms with Gasteiger partial charge in [0.25, 0.3) is 0 Å². The molecule has 140 valence electrons. The molecule has 0 aliphatic heterocycles. The first kappa shape index (κ1) is 18.4. The van der Waals surface area contributed by atoms with E-state index in [-0.39, 0.29) is 28.7 Å². The Kier molecular flexibility index (Phi) is 5.07. The number of carbonyl (C=O) groups is 1. The Bertz CT molecular complexity index is 938. The highest BCUT2D eigenvalue weighted by atomic mass is 16.7. The molecule has 1 aliphatic carbocycles. The number of fused-ring (bicyclic) bond motifs is 1. The fourth-order valence-corrected chi connectivity index (χ4v) is 3.11. The number of hydrogen-bond acceptors (Lipinski definition) is 7. The number of benzene rings is 2. The molecule has 0 radical (unpaired) electrons. The summed E-state index contributed by atoms with van der Waals surface area (Å²) in [5.41, 5.74) is 2.02. The zero-order valence-corrected chi connectivity index (χ0v) is 14.8. The molecule has 1 aliphatic rings. The number of oxime groups is 1. The van der Waals surface area contributed by atoms with Gasteiger partial charge in [-0.25, -0.2) is 4.79 Å². The van der Waals surface area contributed by atoms with Crippen LogP contribution >= 0.6 is 0 Å². The SMILES string of the molecule is COc1ccc(C(=O)O/N=C2\CC(C)Cc3cc(O)ccc32)cc1[N+](=O)[O-]. The number of nitrogens with zero attached hydrogens (tertiary/aromatic N) is 2. The van der Waals surface area contributed by atoms with Gasteiger partial charge < -0.3 is 14.7 Å². The minimum absolute atomic E-state index is 0.00152. The molecule has 8 heteroatoms. The van der Waals surface area contributed by atoms with Crippen LogP contribution in [0.15, 0.2) is 41.6 Å². The van der Waals surface area contributed by atoms with E-state index in [2.05, 4.69) is 5.16 Å². The van der Waals surface area contributed by atoms with Gasteiger partial charge in [0.15, 0.2) is 5.75 Å². The third-order valence-corrected chi connectivity index (χ3v) is 4.36. The molecular weight excluding hydrogens is 352 g/mol. The van der Waals surface area contributed by atoms with E-state index < -0.39 is 10.9 Å². The zero-order chi connectivity index (χ0) is 19.6. The van der Waals surface area contributed by atoms with E-state index >= 15 is 0 Å². The van der Waals surface area contributed by atoms with Crippen LogP contribution in [-0.4, -0.2) is 28.8 Å². The standard InChI is InChI=1S/C19H18N2O6/c1-11-7-13-9-14(22)4-5-15(13)16(8-11)20-27-19(23)12-3-6-18(26-2)17(10-12)21(24)25/h3-6,9-11,22H,7-8H2,1-2H3/b20-16+. The molecule has 1 N–H and O–H groups in total. The quantitative estimate of drug-likeness (QED) is 0.501. The first-order chi connectivity index (χ1) is 12.9. The number of nitro benzene ring substituents is 1. The molecule has 1 unspecified atom stereocenters. The number of carbonyl (C=O) groups excluding carboxylic acids is 1. The molecule has 8 nitrogen and oxygen atoms in total. The molecular formula is C19H18N2O6. The Labute approximate surface area is 155 Å². The average molecular weight is 370 g/mol. The second-order valence-corrected chi connectivity index (χ2v) is 6.42. The number of phenols is 1. The van der Waals surface area contributed by atoms with Crippen LogP contribution in [0, 0.1) is 16.0 Å². The molecule has 0 saturated heterocycles. The molecule has 0 bridgehead atoms. The monoisotopic (exact) mass is 370 g/mol. The number of methoxy groups -OCH3 is 1. The van der Waals surface area contributed by atoms with Gasteiger partial charge in [0.05, 0.1) is 23.3 Å². The minimum Gasteiger partial charge on any atom is -0.508 e. The van der Waals surface area contributed by atoms with Crippen molar-refractivity contribution < 1.29 is 24.4 Å². The predicted octanol–water partition coefficient (Wildman–Crippen LogP) is 3.45. The molecule has 3 rings (SSSR count). The van der Waals surface area contributed by atoms with Crippen LogP contribution < -0.4 is 4.74 Å². The predicted molar refractivity (Wildman–Crippen MR) is 97.2 cm³/mol. The molecule has 1 atom stereocenters. The van der Waals surface area contributed by atoms with E-state index in [0.29, 0.717) is 12.1 Å². The molecule has 0 saturated carbocycles. The smallest absolute Gasteiger partial charge is 0.365 e. The van der Waals surface area contributed by atoms with Crippen LogP contribution in [0.2, 0.25) is 0 Å². The van der Waals surface area contributed by atoms with Crippen LogP contribution in [-0.2, 0) is 11.3 Å². The summed E-state index contributed by atoms with van der Waals surface area (Å²) >= 11 is 0. The molecule has 0 heterocycles. The number of ether oxygens (including phenoxy) is 1. The number of phenolic OH excluding ortho intramolecular Hbond substituents is 1. The van der Waals surface area contributed by atoms with E-state index in [0.717, 1.165) is 23.6 Å². The summed E-state index contributed by atoms with van der Waals surface area (Å²) in [6.07, 6.45) is 1.41. The highest BCUT2D eigenvalue weighted by Gasteiger charge is 2.23. The lowest BCUT2D eigenvalue weighted by molar-refractivity contribution is -0.385. The average Bonchev–Trinajstić information content (AvgIpc) is 2.64. The molecule has 0 amide bonds. The highest BCUT2D eigenvalue weighted by molar-refractivity contribution is 6.03. The van der Waals surface area contributed by atoms with Crippen LogP contribution in [0.1, 0.15) is 34.8 Å². The van der Waals surface area contributed by atoms with Crippen molar-refractivity contribution in [2.75, 3.05) is 7.11 Å². The van der Waals surface area contributed by atoms with E-state index in [1.807, 2.05) is 6.92 Å². The van der Waals surface area contributed by atoms with Crippen LogP contribution in [0.25, 0.3) is 0 Å². The van der Waals surface area contributed by atoms with Crippen molar-refractivity contribution in [2.45, 2.75) is 19.8 Å². The highest BCUT2D eigenvalue weighted by Crippen LogP contribution is 2.30. The molecule has 2 aromatic rings. The number of rotatable bonds is 4. The fraction of sp³-hybridized carbons (Fsp3) is 0.263. The maximum Gasteiger partial charge on any atom is 0.365 e. The molecule has 0 spiro atoms. The van der Waals surface area contributed by atoms with Crippen molar-refractivity contribution >= 4 is 17.4 Å². The fourth-order valence-electron chi connectivity index (χ4n) is 3.11. The van der Waals surface area contributed by atoms with Crippen molar-refractivity contribution in [1.29, 1.82) is 0 Å². The first-order valence-electron chi connectivity index (χ1n) is 8.32. The topological polar surface area (TPSA) is 111 Å². The van der Waals surface area contributed by atoms with Crippen LogP contribution in [0.3, 0.4) is 0 Å². The Morgan fingerprint density at radius 2 is 2.04 bits per heavy atom. The number of hydrogen-bond donors (Lipinski definition) is 1. The number of nitro groups is 1. The molecule has 27 heavy (non-hydrogen) atoms. The first-order valence-corrected chi connectivity index (χ1v) is 8.32. The minimum atomic E-state index is -0.799. The van der Waals surface area contributed by atoms with Gasteiger partial charge in [0.1, 0.15) is 5.75 Å².